The van der Waals surface area contributed by atoms with Gasteiger partial charge in [-0.25, -0.2) is 19.4 Å². The highest BCUT2D eigenvalue weighted by atomic mass is 19.3. The lowest BCUT2D eigenvalue weighted by Crippen LogP contribution is -2.20. The van der Waals surface area contributed by atoms with Crippen LogP contribution in [-0.4, -0.2) is 36.1 Å². The number of hydrogen-bond donors (Lipinski definition) is 2. The molecule has 0 aromatic carbocycles. The quantitative estimate of drug-likeness (QED) is 0.673. The highest BCUT2D eigenvalue weighted by molar-refractivity contribution is 5.63. The molecule has 3 aromatic heterocycles. The molecule has 0 aliphatic heterocycles. The van der Waals surface area contributed by atoms with Gasteiger partial charge in [-0.3, -0.25) is 4.68 Å². The summed E-state index contributed by atoms with van der Waals surface area (Å²) in [5, 5.41) is 10.5. The highest BCUT2D eigenvalue weighted by Crippen LogP contribution is 2.23. The number of nitrogens with two attached hydrogens (primary N) is 1. The van der Waals surface area contributed by atoms with E-state index in [0.717, 1.165) is 11.1 Å². The Morgan fingerprint density at radius 3 is 2.61 bits per heavy atom. The SMILES string of the molecule is Cc1cc(-c2cnn(C(C)C)c2)cnc1-n1c(CC(CN)=C(F)F)n[nH]c1=O. The van der Waals surface area contributed by atoms with Crippen LogP contribution in [0.1, 0.15) is 31.3 Å². The molecule has 0 aliphatic carbocycles. The van der Waals surface area contributed by atoms with Crippen LogP contribution in [0.2, 0.25) is 0 Å². The molecule has 0 amide bonds. The Hall–Kier alpha value is -3.14. The van der Waals surface area contributed by atoms with Crippen LogP contribution in [-0.2, 0) is 6.42 Å². The Morgan fingerprint density at radius 1 is 1.29 bits per heavy atom. The Balaban J connectivity index is 2.00. The fraction of sp³-hybridized carbons (Fsp3) is 0.333. The molecule has 28 heavy (non-hydrogen) atoms. The molecule has 0 spiro atoms. The summed E-state index contributed by atoms with van der Waals surface area (Å²) in [4.78, 5) is 16.6. The Morgan fingerprint density at radius 2 is 2.04 bits per heavy atom. The number of halogens is 2. The zero-order valence-electron chi connectivity index (χ0n) is 15.8. The lowest BCUT2D eigenvalue weighted by Gasteiger charge is -2.10. The fourth-order valence-electron chi connectivity index (χ4n) is 2.80. The molecule has 0 radical (unpaired) electrons. The molecule has 3 aromatic rings. The molecule has 0 unspecified atom stereocenters. The first kappa shape index (κ1) is 19.6. The van der Waals surface area contributed by atoms with E-state index in [0.29, 0.717) is 11.4 Å². The zero-order valence-corrected chi connectivity index (χ0v) is 15.8. The average Bonchev–Trinajstić information content (AvgIpc) is 3.27. The molecule has 10 heteroatoms. The molecule has 3 N–H and O–H groups in total. The summed E-state index contributed by atoms with van der Waals surface area (Å²) in [6.45, 7) is 5.52. The van der Waals surface area contributed by atoms with E-state index >= 15 is 0 Å². The minimum atomic E-state index is -1.87. The molecule has 3 heterocycles. The van der Waals surface area contributed by atoms with Gasteiger partial charge in [0.05, 0.1) is 6.20 Å². The van der Waals surface area contributed by atoms with Gasteiger partial charge in [0, 0.05) is 48.1 Å². The number of rotatable bonds is 6. The summed E-state index contributed by atoms with van der Waals surface area (Å²) in [6.07, 6.45) is 3.16. The van der Waals surface area contributed by atoms with Crippen LogP contribution in [0.25, 0.3) is 16.9 Å². The first-order valence-electron chi connectivity index (χ1n) is 8.72. The highest BCUT2D eigenvalue weighted by Gasteiger charge is 2.17. The standard InChI is InChI=1S/C18H21F2N7O/c1-10(2)26-9-14(8-23-26)13-4-11(3)17(22-7-13)27-15(24-25-18(27)28)5-12(6-21)16(19)20/h4,7-10H,5-6,21H2,1-3H3,(H,25,28). The second-order valence-corrected chi connectivity index (χ2v) is 6.69. The number of nitrogens with one attached hydrogen (secondary N) is 1. The van der Waals surface area contributed by atoms with Gasteiger partial charge in [-0.1, -0.05) is 0 Å². The number of nitrogens with zero attached hydrogens (tertiary/aromatic N) is 5. The van der Waals surface area contributed by atoms with Crippen LogP contribution in [0.3, 0.4) is 0 Å². The number of H-pyrrole nitrogens is 1. The van der Waals surface area contributed by atoms with Crippen LogP contribution in [0, 0.1) is 6.92 Å². The van der Waals surface area contributed by atoms with E-state index in [-0.39, 0.29) is 30.4 Å². The van der Waals surface area contributed by atoms with Gasteiger partial charge in [0.2, 0.25) is 0 Å². The normalized spacial score (nSPS) is 11.2. The summed E-state index contributed by atoms with van der Waals surface area (Å²) >= 11 is 0. The van der Waals surface area contributed by atoms with Crippen LogP contribution in [0.4, 0.5) is 8.78 Å². The van der Waals surface area contributed by atoms with Crippen molar-refractivity contribution < 1.29 is 8.78 Å². The van der Waals surface area contributed by atoms with E-state index < -0.39 is 11.8 Å². The maximum Gasteiger partial charge on any atom is 0.349 e. The van der Waals surface area contributed by atoms with Gasteiger partial charge in [-0.2, -0.15) is 19.0 Å². The van der Waals surface area contributed by atoms with E-state index in [1.807, 2.05) is 30.8 Å². The monoisotopic (exact) mass is 389 g/mol. The van der Waals surface area contributed by atoms with Gasteiger partial charge in [0.25, 0.3) is 6.08 Å². The molecule has 0 saturated heterocycles. The predicted octanol–water partition coefficient (Wildman–Crippen LogP) is 2.36. The first-order chi connectivity index (χ1) is 13.3. The van der Waals surface area contributed by atoms with E-state index in [9.17, 15) is 13.6 Å². The van der Waals surface area contributed by atoms with E-state index in [1.165, 1.54) is 4.57 Å². The molecule has 0 bridgehead atoms. The van der Waals surface area contributed by atoms with Crippen LogP contribution < -0.4 is 11.4 Å². The smallest absolute Gasteiger partial charge is 0.327 e. The number of hydrogen-bond acceptors (Lipinski definition) is 5. The first-order valence-corrected chi connectivity index (χ1v) is 8.72. The Bertz CT molecular complexity index is 1070. The number of aromatic nitrogens is 6. The molecule has 148 valence electrons. The molecule has 0 aliphatic rings. The second-order valence-electron chi connectivity index (χ2n) is 6.69. The van der Waals surface area contributed by atoms with Crippen LogP contribution >= 0.6 is 0 Å². The zero-order chi connectivity index (χ0) is 20.4. The van der Waals surface area contributed by atoms with Crippen molar-refractivity contribution in [3.8, 4) is 16.9 Å². The van der Waals surface area contributed by atoms with Crippen LogP contribution in [0.5, 0.6) is 0 Å². The van der Waals surface area contributed by atoms with Crippen molar-refractivity contribution in [3.63, 3.8) is 0 Å². The van der Waals surface area contributed by atoms with Crippen LogP contribution in [0.15, 0.2) is 41.1 Å². The lowest BCUT2D eigenvalue weighted by atomic mass is 10.1. The van der Waals surface area contributed by atoms with Gasteiger partial charge in [0.1, 0.15) is 11.6 Å². The molecule has 0 fully saturated rings. The van der Waals surface area contributed by atoms with Crippen molar-refractivity contribution in [3.05, 3.63) is 58.2 Å². The summed E-state index contributed by atoms with van der Waals surface area (Å²) in [7, 11) is 0. The summed E-state index contributed by atoms with van der Waals surface area (Å²) in [6, 6.07) is 2.10. The molecule has 0 atom stereocenters. The van der Waals surface area contributed by atoms with E-state index in [2.05, 4.69) is 20.3 Å². The van der Waals surface area contributed by atoms with Gasteiger partial charge in [-0.05, 0) is 32.4 Å². The molecule has 0 saturated carbocycles. The van der Waals surface area contributed by atoms with Gasteiger partial charge < -0.3 is 5.73 Å². The maximum absolute atomic E-state index is 13.0. The van der Waals surface area contributed by atoms with Gasteiger partial charge >= 0.3 is 5.69 Å². The maximum atomic E-state index is 13.0. The second kappa shape index (κ2) is 7.85. The number of aromatic amines is 1. The van der Waals surface area contributed by atoms with Crippen molar-refractivity contribution in [1.82, 2.24) is 29.5 Å². The van der Waals surface area contributed by atoms with Crippen molar-refractivity contribution in [1.29, 1.82) is 0 Å². The summed E-state index contributed by atoms with van der Waals surface area (Å²) in [5.74, 6) is 0.443. The van der Waals surface area contributed by atoms with E-state index in [1.54, 1.807) is 19.3 Å². The van der Waals surface area contributed by atoms with Gasteiger partial charge in [-0.15, -0.1) is 0 Å². The molecule has 3 rings (SSSR count). The van der Waals surface area contributed by atoms with Crippen molar-refractivity contribution in [2.24, 2.45) is 5.73 Å². The van der Waals surface area contributed by atoms with Gasteiger partial charge in [0.15, 0.2) is 0 Å². The third kappa shape index (κ3) is 3.77. The molecular formula is C18H21F2N7O. The minimum Gasteiger partial charge on any atom is -0.327 e. The predicted molar refractivity (Wildman–Crippen MR) is 100 cm³/mol. The third-order valence-corrected chi connectivity index (χ3v) is 4.35. The summed E-state index contributed by atoms with van der Waals surface area (Å²) < 4.78 is 28.9. The Kier molecular flexibility index (Phi) is 5.50. The number of aryl methyl sites for hydroxylation is 1. The molecule has 8 nitrogen and oxygen atoms in total. The fourth-order valence-corrected chi connectivity index (χ4v) is 2.80. The third-order valence-electron chi connectivity index (χ3n) is 4.35. The topological polar surface area (TPSA) is 107 Å². The van der Waals surface area contributed by atoms with Crippen molar-refractivity contribution in [2.75, 3.05) is 6.54 Å². The van der Waals surface area contributed by atoms with Crippen molar-refractivity contribution >= 4 is 0 Å². The average molecular weight is 389 g/mol. The van der Waals surface area contributed by atoms with E-state index in [4.69, 9.17) is 5.73 Å². The molecular weight excluding hydrogens is 368 g/mol. The summed E-state index contributed by atoms with van der Waals surface area (Å²) in [5.41, 5.74) is 6.95. The Labute approximate surface area is 159 Å². The minimum absolute atomic E-state index is 0.120. The number of pyridine rings is 1. The largest absolute Gasteiger partial charge is 0.349 e. The van der Waals surface area contributed by atoms with Crippen molar-refractivity contribution in [2.45, 2.75) is 33.2 Å². The lowest BCUT2D eigenvalue weighted by molar-refractivity contribution is 0.407.